The molecule has 3 rings (SSSR count). The number of likely N-dealkylation sites (N-methyl/N-ethyl adjacent to an activating group) is 1. The van der Waals surface area contributed by atoms with Crippen LogP contribution in [0.4, 0.5) is 17.1 Å². The molecule has 2 N–H and O–H groups in total. The van der Waals surface area contributed by atoms with Crippen LogP contribution in [0.1, 0.15) is 32.3 Å². The normalized spacial score (nSPS) is 13.4. The second kappa shape index (κ2) is 10.2. The van der Waals surface area contributed by atoms with Crippen molar-refractivity contribution in [2.24, 2.45) is 5.92 Å². The Labute approximate surface area is 186 Å². The standard InChI is InChI=1S/C23H25ClN4O3/c1-3-28-8-9-31-21-13-18(6-7-20(21)28)27-23(30)11-15(2)10-22(29)26-17-5-4-16(14-25)19(24)12-17/h4-7,12-13,15H,3,8-11H2,1-2H3,(H,26,29)(H,27,30). The molecule has 1 unspecified atom stereocenters. The summed E-state index contributed by atoms with van der Waals surface area (Å²) in [5.41, 5.74) is 2.56. The van der Waals surface area contributed by atoms with E-state index < -0.39 is 0 Å². The van der Waals surface area contributed by atoms with Crippen LogP contribution in [0.25, 0.3) is 0 Å². The predicted octanol–water partition coefficient (Wildman–Crippen LogP) is 4.42. The fourth-order valence-corrected chi connectivity index (χ4v) is 3.72. The first-order valence-corrected chi connectivity index (χ1v) is 10.6. The number of nitriles is 1. The van der Waals surface area contributed by atoms with Gasteiger partial charge in [0.25, 0.3) is 0 Å². The molecule has 0 bridgehead atoms. The molecule has 1 aliphatic rings. The molecule has 1 aliphatic heterocycles. The van der Waals surface area contributed by atoms with Crippen LogP contribution in [0.15, 0.2) is 36.4 Å². The van der Waals surface area contributed by atoms with E-state index in [1.807, 2.05) is 31.2 Å². The van der Waals surface area contributed by atoms with E-state index in [-0.39, 0.29) is 35.6 Å². The Hall–Kier alpha value is -3.24. The SMILES string of the molecule is CCN1CCOc2cc(NC(=O)CC(C)CC(=O)Nc3ccc(C#N)c(Cl)c3)ccc21. The second-order valence-electron chi connectivity index (χ2n) is 7.53. The molecule has 0 fully saturated rings. The highest BCUT2D eigenvalue weighted by Crippen LogP contribution is 2.34. The topological polar surface area (TPSA) is 94.5 Å². The fourth-order valence-electron chi connectivity index (χ4n) is 3.50. The molecular formula is C23H25ClN4O3. The Kier molecular flexibility index (Phi) is 7.37. The molecule has 0 saturated carbocycles. The molecule has 2 amide bonds. The quantitative estimate of drug-likeness (QED) is 0.664. The number of hydrogen-bond donors (Lipinski definition) is 2. The van der Waals surface area contributed by atoms with Crippen LogP contribution < -0.4 is 20.3 Å². The first-order valence-electron chi connectivity index (χ1n) is 10.2. The van der Waals surface area contributed by atoms with Crippen molar-refractivity contribution in [3.63, 3.8) is 0 Å². The third-order valence-electron chi connectivity index (χ3n) is 5.03. The number of hydrogen-bond acceptors (Lipinski definition) is 5. The molecule has 0 aromatic heterocycles. The summed E-state index contributed by atoms with van der Waals surface area (Å²) >= 11 is 5.99. The van der Waals surface area contributed by atoms with E-state index in [1.165, 1.54) is 6.07 Å². The Bertz CT molecular complexity index is 1020. The summed E-state index contributed by atoms with van der Waals surface area (Å²) in [5.74, 6) is 0.227. The van der Waals surface area contributed by atoms with Crippen molar-refractivity contribution in [3.05, 3.63) is 47.0 Å². The van der Waals surface area contributed by atoms with Crippen LogP contribution in [-0.4, -0.2) is 31.5 Å². The molecular weight excluding hydrogens is 416 g/mol. The van der Waals surface area contributed by atoms with Crippen molar-refractivity contribution in [1.82, 2.24) is 0 Å². The molecule has 8 heteroatoms. The van der Waals surface area contributed by atoms with Gasteiger partial charge in [0.05, 0.1) is 22.8 Å². The summed E-state index contributed by atoms with van der Waals surface area (Å²) in [6.45, 7) is 6.31. The zero-order chi connectivity index (χ0) is 22.4. The van der Waals surface area contributed by atoms with E-state index >= 15 is 0 Å². The minimum Gasteiger partial charge on any atom is -0.489 e. The number of carbonyl (C=O) groups excluding carboxylic acids is 2. The molecule has 2 aromatic carbocycles. The maximum atomic E-state index is 12.4. The van der Waals surface area contributed by atoms with Gasteiger partial charge in [-0.3, -0.25) is 9.59 Å². The lowest BCUT2D eigenvalue weighted by Crippen LogP contribution is -2.32. The molecule has 31 heavy (non-hydrogen) atoms. The minimum absolute atomic E-state index is 0.154. The molecule has 1 heterocycles. The summed E-state index contributed by atoms with van der Waals surface area (Å²) < 4.78 is 5.72. The fraction of sp³-hybridized carbons (Fsp3) is 0.348. The monoisotopic (exact) mass is 440 g/mol. The lowest BCUT2D eigenvalue weighted by molar-refractivity contribution is -0.118. The number of amides is 2. The zero-order valence-corrected chi connectivity index (χ0v) is 18.3. The van der Waals surface area contributed by atoms with Gasteiger partial charge in [-0.15, -0.1) is 0 Å². The van der Waals surface area contributed by atoms with E-state index in [1.54, 1.807) is 12.1 Å². The van der Waals surface area contributed by atoms with Gasteiger partial charge >= 0.3 is 0 Å². The van der Waals surface area contributed by atoms with Crippen molar-refractivity contribution in [2.75, 3.05) is 35.2 Å². The number of ether oxygens (including phenoxy) is 1. The van der Waals surface area contributed by atoms with Crippen molar-refractivity contribution in [1.29, 1.82) is 5.26 Å². The van der Waals surface area contributed by atoms with Crippen molar-refractivity contribution in [3.8, 4) is 11.8 Å². The zero-order valence-electron chi connectivity index (χ0n) is 17.6. The first-order chi connectivity index (χ1) is 14.9. The van der Waals surface area contributed by atoms with Gasteiger partial charge in [0.1, 0.15) is 18.4 Å². The Morgan fingerprint density at radius 1 is 1.16 bits per heavy atom. The number of carbonyl (C=O) groups is 2. The molecule has 1 atom stereocenters. The van der Waals surface area contributed by atoms with Gasteiger partial charge in [-0.05, 0) is 43.2 Å². The highest BCUT2D eigenvalue weighted by molar-refractivity contribution is 6.32. The Morgan fingerprint density at radius 3 is 2.42 bits per heavy atom. The van der Waals surface area contributed by atoms with Gasteiger partial charge in [0, 0.05) is 36.8 Å². The van der Waals surface area contributed by atoms with Crippen LogP contribution in [0.3, 0.4) is 0 Å². The summed E-state index contributed by atoms with van der Waals surface area (Å²) in [6, 6.07) is 12.3. The summed E-state index contributed by atoms with van der Waals surface area (Å²) in [5, 5.41) is 14.8. The third-order valence-corrected chi connectivity index (χ3v) is 5.34. The van der Waals surface area contributed by atoms with Crippen LogP contribution in [0, 0.1) is 17.2 Å². The van der Waals surface area contributed by atoms with Crippen LogP contribution in [0.2, 0.25) is 5.02 Å². The molecule has 7 nitrogen and oxygen atoms in total. The number of anilines is 3. The second-order valence-corrected chi connectivity index (χ2v) is 7.93. The molecule has 0 spiro atoms. The van der Waals surface area contributed by atoms with Crippen molar-refractivity contribution >= 4 is 40.5 Å². The predicted molar refractivity (Wildman–Crippen MR) is 122 cm³/mol. The summed E-state index contributed by atoms with van der Waals surface area (Å²) in [7, 11) is 0. The highest BCUT2D eigenvalue weighted by Gasteiger charge is 2.18. The molecule has 0 radical (unpaired) electrons. The number of nitrogens with zero attached hydrogens (tertiary/aromatic N) is 2. The lowest BCUT2D eigenvalue weighted by Gasteiger charge is -2.30. The Balaban J connectivity index is 1.51. The van der Waals surface area contributed by atoms with Gasteiger partial charge in [-0.25, -0.2) is 0 Å². The van der Waals surface area contributed by atoms with E-state index in [2.05, 4.69) is 22.5 Å². The van der Waals surface area contributed by atoms with Crippen LogP contribution in [-0.2, 0) is 9.59 Å². The van der Waals surface area contributed by atoms with Crippen molar-refractivity contribution in [2.45, 2.75) is 26.7 Å². The van der Waals surface area contributed by atoms with Gasteiger partial charge in [-0.1, -0.05) is 18.5 Å². The Morgan fingerprint density at radius 2 is 1.81 bits per heavy atom. The average molecular weight is 441 g/mol. The number of halogens is 1. The largest absolute Gasteiger partial charge is 0.489 e. The van der Waals surface area contributed by atoms with E-state index in [4.69, 9.17) is 21.6 Å². The van der Waals surface area contributed by atoms with Crippen LogP contribution in [0.5, 0.6) is 5.75 Å². The number of rotatable bonds is 7. The van der Waals surface area contributed by atoms with Gasteiger partial charge in [-0.2, -0.15) is 5.26 Å². The molecule has 2 aromatic rings. The van der Waals surface area contributed by atoms with E-state index in [0.717, 1.165) is 24.5 Å². The summed E-state index contributed by atoms with van der Waals surface area (Å²) in [4.78, 5) is 26.9. The maximum Gasteiger partial charge on any atom is 0.224 e. The third kappa shape index (κ3) is 5.89. The summed E-state index contributed by atoms with van der Waals surface area (Å²) in [6.07, 6.45) is 0.393. The molecule has 0 saturated heterocycles. The van der Waals surface area contributed by atoms with Gasteiger partial charge in [0.2, 0.25) is 11.8 Å². The van der Waals surface area contributed by atoms with E-state index in [9.17, 15) is 9.59 Å². The van der Waals surface area contributed by atoms with Crippen LogP contribution >= 0.6 is 11.6 Å². The number of nitrogens with one attached hydrogen (secondary N) is 2. The van der Waals surface area contributed by atoms with Gasteiger partial charge < -0.3 is 20.3 Å². The smallest absolute Gasteiger partial charge is 0.224 e. The highest BCUT2D eigenvalue weighted by atomic mass is 35.5. The minimum atomic E-state index is -0.220. The van der Waals surface area contributed by atoms with Crippen molar-refractivity contribution < 1.29 is 14.3 Å². The number of fused-ring (bicyclic) bond motifs is 1. The molecule has 162 valence electrons. The van der Waals surface area contributed by atoms with Gasteiger partial charge in [0.15, 0.2) is 0 Å². The van der Waals surface area contributed by atoms with E-state index in [0.29, 0.717) is 23.5 Å². The lowest BCUT2D eigenvalue weighted by atomic mass is 10.0. The number of benzene rings is 2. The average Bonchev–Trinajstić information content (AvgIpc) is 2.72. The molecule has 0 aliphatic carbocycles. The maximum absolute atomic E-state index is 12.4. The first kappa shape index (κ1) is 22.4.